The average molecular weight is 665 g/mol. The standard InChI is InChI=1S/C37H55Cl2NO5/c1-24(7-13-34(42)43)30-11-12-31-29-10-9-26-22-28(15-16-36(26,2)32(29)23-33(41)37(30,31)3)45-35(44)14-8-25-5-4-6-27(21-25)40(19-17-38)20-18-39/h4-6,21,24,26,28-33,41H,7-20,22-23H2,1-3H3,(H,42,43)/t24-,26-,28-,29+,30-,31+,32+,33+,36+,37-/m1/s1. The van der Waals surface area contributed by atoms with Crippen molar-refractivity contribution in [1.82, 2.24) is 0 Å². The predicted octanol–water partition coefficient (Wildman–Crippen LogP) is 7.95. The van der Waals surface area contributed by atoms with Gasteiger partial charge in [0.2, 0.25) is 0 Å². The van der Waals surface area contributed by atoms with Gasteiger partial charge in [-0.3, -0.25) is 9.59 Å². The van der Waals surface area contributed by atoms with Crippen LogP contribution in [0, 0.1) is 46.3 Å². The number of rotatable bonds is 13. The van der Waals surface area contributed by atoms with E-state index in [1.54, 1.807) is 0 Å². The Morgan fingerprint density at radius 3 is 2.49 bits per heavy atom. The molecule has 0 unspecified atom stereocenters. The quantitative estimate of drug-likeness (QED) is 0.165. The second-order valence-corrected chi connectivity index (χ2v) is 16.0. The van der Waals surface area contributed by atoms with Crippen molar-refractivity contribution in [2.45, 2.75) is 110 Å². The van der Waals surface area contributed by atoms with Crippen LogP contribution in [-0.2, 0) is 20.7 Å². The van der Waals surface area contributed by atoms with Crippen LogP contribution in [0.4, 0.5) is 5.69 Å². The van der Waals surface area contributed by atoms with E-state index in [4.69, 9.17) is 27.9 Å². The molecule has 0 heterocycles. The Balaban J connectivity index is 1.16. The van der Waals surface area contributed by atoms with Crippen molar-refractivity contribution in [3.05, 3.63) is 29.8 Å². The zero-order valence-corrected chi connectivity index (χ0v) is 29.1. The smallest absolute Gasteiger partial charge is 0.306 e. The van der Waals surface area contributed by atoms with E-state index in [1.807, 2.05) is 6.07 Å². The summed E-state index contributed by atoms with van der Waals surface area (Å²) in [6.45, 7) is 8.46. The van der Waals surface area contributed by atoms with Crippen molar-refractivity contribution >= 4 is 40.8 Å². The van der Waals surface area contributed by atoms with Gasteiger partial charge in [0.25, 0.3) is 0 Å². The molecule has 4 aliphatic carbocycles. The average Bonchev–Trinajstić information content (AvgIpc) is 3.38. The molecule has 0 saturated heterocycles. The fraction of sp³-hybridized carbons (Fsp3) is 0.784. The minimum atomic E-state index is -0.725. The summed E-state index contributed by atoms with van der Waals surface area (Å²) in [7, 11) is 0. The number of halogens is 2. The van der Waals surface area contributed by atoms with E-state index in [-0.39, 0.29) is 35.4 Å². The van der Waals surface area contributed by atoms with Gasteiger partial charge in [-0.25, -0.2) is 0 Å². The van der Waals surface area contributed by atoms with E-state index in [2.05, 4.69) is 43.9 Å². The molecule has 4 saturated carbocycles. The molecule has 0 bridgehead atoms. The third-order valence-corrected chi connectivity index (χ3v) is 13.5. The number of esters is 1. The Morgan fingerprint density at radius 1 is 1.02 bits per heavy atom. The van der Waals surface area contributed by atoms with E-state index in [1.165, 1.54) is 12.8 Å². The number of nitrogens with zero attached hydrogens (tertiary/aromatic N) is 1. The number of ether oxygens (including phenoxy) is 1. The molecule has 4 fully saturated rings. The van der Waals surface area contributed by atoms with Gasteiger partial charge in [-0.15, -0.1) is 23.2 Å². The number of carboxylic acid groups (broad SMARTS) is 1. The first-order chi connectivity index (χ1) is 21.5. The number of aliphatic hydroxyl groups excluding tert-OH is 1. The molecule has 6 nitrogen and oxygen atoms in total. The first kappa shape index (κ1) is 34.8. The minimum Gasteiger partial charge on any atom is -0.481 e. The normalized spacial score (nSPS) is 36.4. The molecule has 0 aliphatic heterocycles. The summed E-state index contributed by atoms with van der Waals surface area (Å²) in [5.41, 5.74) is 2.24. The number of aliphatic carboxylic acids is 1. The maximum Gasteiger partial charge on any atom is 0.306 e. The first-order valence-corrected chi connectivity index (χ1v) is 18.6. The van der Waals surface area contributed by atoms with Crippen LogP contribution in [0.1, 0.15) is 97.0 Å². The molecule has 0 aromatic heterocycles. The largest absolute Gasteiger partial charge is 0.481 e. The summed E-state index contributed by atoms with van der Waals surface area (Å²) in [6, 6.07) is 8.28. The van der Waals surface area contributed by atoms with Gasteiger partial charge in [0.1, 0.15) is 6.10 Å². The molecule has 8 heteroatoms. The number of carboxylic acids is 1. The Kier molecular flexibility index (Phi) is 11.4. The number of aliphatic hydroxyl groups is 1. The number of aryl methyl sites for hydroxylation is 1. The predicted molar refractivity (Wildman–Crippen MR) is 181 cm³/mol. The minimum absolute atomic E-state index is 0.0221. The second kappa shape index (κ2) is 14.7. The van der Waals surface area contributed by atoms with Crippen LogP contribution in [0.5, 0.6) is 0 Å². The zero-order valence-electron chi connectivity index (χ0n) is 27.6. The molecule has 4 aliphatic rings. The molecule has 0 spiro atoms. The van der Waals surface area contributed by atoms with Gasteiger partial charge in [0.15, 0.2) is 0 Å². The SMILES string of the molecule is C[C@H](CCC(=O)O)[C@H]1CC[C@H]2[C@@H]3CC[C@@H]4C[C@H](OC(=O)CCc5cccc(N(CCCl)CCCl)c5)CC[C@]4(C)[C@H]3C[C@H](O)[C@]12C. The highest BCUT2D eigenvalue weighted by Crippen LogP contribution is 2.68. The molecule has 252 valence electrons. The van der Waals surface area contributed by atoms with Crippen molar-refractivity contribution in [3.63, 3.8) is 0 Å². The zero-order chi connectivity index (χ0) is 32.4. The van der Waals surface area contributed by atoms with E-state index in [0.29, 0.717) is 66.5 Å². The van der Waals surface area contributed by atoms with Crippen molar-refractivity contribution in [2.24, 2.45) is 46.3 Å². The number of fused-ring (bicyclic) bond motifs is 5. The maximum absolute atomic E-state index is 13.0. The lowest BCUT2D eigenvalue weighted by molar-refractivity contribution is -0.181. The number of hydrogen-bond acceptors (Lipinski definition) is 5. The van der Waals surface area contributed by atoms with Gasteiger partial charge in [-0.1, -0.05) is 32.9 Å². The molecule has 0 radical (unpaired) electrons. The summed E-state index contributed by atoms with van der Waals surface area (Å²) in [4.78, 5) is 26.5. The molecule has 2 N–H and O–H groups in total. The Morgan fingerprint density at radius 2 is 1.78 bits per heavy atom. The lowest BCUT2D eigenvalue weighted by Gasteiger charge is -2.62. The van der Waals surface area contributed by atoms with Gasteiger partial charge in [0, 0.05) is 43.4 Å². The Hall–Kier alpha value is -1.50. The van der Waals surface area contributed by atoms with Crippen molar-refractivity contribution in [2.75, 3.05) is 29.7 Å². The molecule has 45 heavy (non-hydrogen) atoms. The van der Waals surface area contributed by atoms with E-state index in [0.717, 1.165) is 62.9 Å². The second-order valence-electron chi connectivity index (χ2n) is 15.3. The molecular weight excluding hydrogens is 609 g/mol. The molecule has 10 atom stereocenters. The van der Waals surface area contributed by atoms with Crippen LogP contribution < -0.4 is 4.90 Å². The number of carbonyl (C=O) groups is 2. The van der Waals surface area contributed by atoms with E-state index >= 15 is 0 Å². The van der Waals surface area contributed by atoms with Crippen LogP contribution in [0.25, 0.3) is 0 Å². The third-order valence-electron chi connectivity index (χ3n) is 13.2. The first-order valence-electron chi connectivity index (χ1n) is 17.6. The Bertz CT molecular complexity index is 1180. The third kappa shape index (κ3) is 7.18. The van der Waals surface area contributed by atoms with Crippen molar-refractivity contribution < 1.29 is 24.5 Å². The molecular formula is C37H55Cl2NO5. The number of anilines is 1. The van der Waals surface area contributed by atoms with Crippen LogP contribution in [-0.4, -0.2) is 59.2 Å². The monoisotopic (exact) mass is 663 g/mol. The van der Waals surface area contributed by atoms with Crippen molar-refractivity contribution in [1.29, 1.82) is 0 Å². The van der Waals surface area contributed by atoms with Gasteiger partial charge in [-0.2, -0.15) is 0 Å². The Labute approximate surface area is 280 Å². The molecule has 0 amide bonds. The number of alkyl halides is 2. The summed E-state index contributed by atoms with van der Waals surface area (Å²) in [6.07, 6.45) is 9.89. The highest BCUT2D eigenvalue weighted by atomic mass is 35.5. The highest BCUT2D eigenvalue weighted by molar-refractivity contribution is 6.18. The number of benzene rings is 1. The number of hydrogen-bond donors (Lipinski definition) is 2. The van der Waals surface area contributed by atoms with Crippen LogP contribution in [0.3, 0.4) is 0 Å². The summed E-state index contributed by atoms with van der Waals surface area (Å²) in [5, 5.41) is 21.1. The van der Waals surface area contributed by atoms with Gasteiger partial charge < -0.3 is 19.8 Å². The van der Waals surface area contributed by atoms with Gasteiger partial charge in [0.05, 0.1) is 6.10 Å². The van der Waals surface area contributed by atoms with Crippen LogP contribution in [0.15, 0.2) is 24.3 Å². The van der Waals surface area contributed by atoms with Crippen LogP contribution in [0.2, 0.25) is 0 Å². The fourth-order valence-electron chi connectivity index (χ4n) is 10.8. The molecule has 5 rings (SSSR count). The summed E-state index contributed by atoms with van der Waals surface area (Å²) < 4.78 is 6.11. The summed E-state index contributed by atoms with van der Waals surface area (Å²) in [5.74, 6) is 3.07. The fourth-order valence-corrected chi connectivity index (χ4v) is 11.2. The van der Waals surface area contributed by atoms with Gasteiger partial charge >= 0.3 is 11.9 Å². The van der Waals surface area contributed by atoms with Crippen LogP contribution >= 0.6 is 23.2 Å². The summed E-state index contributed by atoms with van der Waals surface area (Å²) >= 11 is 12.0. The topological polar surface area (TPSA) is 87.1 Å². The lowest BCUT2D eigenvalue weighted by Crippen LogP contribution is -2.59. The van der Waals surface area contributed by atoms with Crippen molar-refractivity contribution in [3.8, 4) is 0 Å². The molecule has 1 aromatic carbocycles. The lowest BCUT2D eigenvalue weighted by atomic mass is 9.43. The van der Waals surface area contributed by atoms with Gasteiger partial charge in [-0.05, 0) is 128 Å². The number of carbonyl (C=O) groups excluding carboxylic acids is 1. The molecule has 1 aromatic rings. The van der Waals surface area contributed by atoms with E-state index in [9.17, 15) is 19.8 Å². The maximum atomic E-state index is 13.0. The highest BCUT2D eigenvalue weighted by Gasteiger charge is 2.63. The van der Waals surface area contributed by atoms with E-state index < -0.39 is 5.97 Å².